The van der Waals surface area contributed by atoms with Crippen LogP contribution in [0.2, 0.25) is 0 Å². The average molecular weight is 193 g/mol. The molecule has 4 heteroatoms. The van der Waals surface area contributed by atoms with Crippen LogP contribution in [-0.4, -0.2) is 22.7 Å². The molecule has 1 saturated heterocycles. The first kappa shape index (κ1) is 8.41. The first-order valence-electron chi connectivity index (χ1n) is 5.47. The zero-order valence-electron chi connectivity index (χ0n) is 8.20. The molecule has 1 N–H and O–H groups in total. The lowest BCUT2D eigenvalue weighted by Crippen LogP contribution is -2.23. The summed E-state index contributed by atoms with van der Waals surface area (Å²) in [4.78, 5) is 4.42. The smallest absolute Gasteiger partial charge is 0.228 e. The van der Waals surface area contributed by atoms with E-state index in [1.165, 1.54) is 25.7 Å². The summed E-state index contributed by atoms with van der Waals surface area (Å²) < 4.78 is 5.23. The summed E-state index contributed by atoms with van der Waals surface area (Å²) in [6, 6.07) is 0.558. The number of rotatable bonds is 3. The van der Waals surface area contributed by atoms with Crippen molar-refractivity contribution in [3.8, 4) is 0 Å². The Balaban J connectivity index is 1.64. The Morgan fingerprint density at radius 2 is 2.29 bits per heavy atom. The number of nitrogens with one attached hydrogen (secondary N) is 1. The SMILES string of the molecule is C1CNC(Cc2nc(C3CC3)no2)C1. The molecular weight excluding hydrogens is 178 g/mol. The van der Waals surface area contributed by atoms with Gasteiger partial charge in [-0.3, -0.25) is 0 Å². The summed E-state index contributed by atoms with van der Waals surface area (Å²) in [7, 11) is 0. The quantitative estimate of drug-likeness (QED) is 0.784. The molecule has 1 aliphatic carbocycles. The third-order valence-corrected chi connectivity index (χ3v) is 3.01. The van der Waals surface area contributed by atoms with Crippen LogP contribution in [-0.2, 0) is 6.42 Å². The molecule has 0 amide bonds. The van der Waals surface area contributed by atoms with Crippen LogP contribution in [0.25, 0.3) is 0 Å². The van der Waals surface area contributed by atoms with Gasteiger partial charge in [0.2, 0.25) is 5.89 Å². The number of aromatic nitrogens is 2. The predicted molar refractivity (Wildman–Crippen MR) is 51.0 cm³/mol. The maximum Gasteiger partial charge on any atom is 0.228 e. The first-order chi connectivity index (χ1) is 6.92. The van der Waals surface area contributed by atoms with Crippen molar-refractivity contribution in [2.24, 2.45) is 0 Å². The highest BCUT2D eigenvalue weighted by molar-refractivity contribution is 5.04. The number of hydrogen-bond donors (Lipinski definition) is 1. The van der Waals surface area contributed by atoms with Crippen molar-refractivity contribution in [2.45, 2.75) is 44.1 Å². The molecule has 0 spiro atoms. The fraction of sp³-hybridized carbons (Fsp3) is 0.800. The van der Waals surface area contributed by atoms with Gasteiger partial charge in [0, 0.05) is 18.4 Å². The van der Waals surface area contributed by atoms with Crippen LogP contribution >= 0.6 is 0 Å². The van der Waals surface area contributed by atoms with Crippen molar-refractivity contribution >= 4 is 0 Å². The number of nitrogens with zero attached hydrogens (tertiary/aromatic N) is 2. The minimum Gasteiger partial charge on any atom is -0.339 e. The minimum absolute atomic E-state index is 0.558. The van der Waals surface area contributed by atoms with Gasteiger partial charge in [0.05, 0.1) is 0 Å². The van der Waals surface area contributed by atoms with Gasteiger partial charge < -0.3 is 9.84 Å². The predicted octanol–water partition coefficient (Wildman–Crippen LogP) is 1.24. The Morgan fingerprint density at radius 3 is 3.00 bits per heavy atom. The molecule has 14 heavy (non-hydrogen) atoms. The fourth-order valence-corrected chi connectivity index (χ4v) is 2.00. The minimum atomic E-state index is 0.558. The van der Waals surface area contributed by atoms with Crippen molar-refractivity contribution in [2.75, 3.05) is 6.54 Å². The Hall–Kier alpha value is -0.900. The number of hydrogen-bond acceptors (Lipinski definition) is 4. The molecule has 4 nitrogen and oxygen atoms in total. The molecule has 1 aromatic heterocycles. The highest BCUT2D eigenvalue weighted by Gasteiger charge is 2.29. The van der Waals surface area contributed by atoms with Crippen LogP contribution in [0.1, 0.15) is 43.3 Å². The lowest BCUT2D eigenvalue weighted by Gasteiger charge is -2.04. The standard InChI is InChI=1S/C10H15N3O/c1-2-8(11-5-1)6-9-12-10(13-14-9)7-3-4-7/h7-8,11H,1-6H2. The van der Waals surface area contributed by atoms with Crippen LogP contribution in [0.3, 0.4) is 0 Å². The van der Waals surface area contributed by atoms with Gasteiger partial charge in [0.1, 0.15) is 0 Å². The maximum absolute atomic E-state index is 5.23. The molecule has 1 unspecified atom stereocenters. The Bertz CT molecular complexity index is 313. The summed E-state index contributed by atoms with van der Waals surface area (Å²) in [5.74, 6) is 2.34. The molecule has 3 rings (SSSR count). The van der Waals surface area contributed by atoms with Gasteiger partial charge >= 0.3 is 0 Å². The average Bonchev–Trinajstić information content (AvgIpc) is 2.75. The summed E-state index contributed by atoms with van der Waals surface area (Å²) in [5, 5.41) is 7.44. The molecule has 1 saturated carbocycles. The molecule has 2 heterocycles. The van der Waals surface area contributed by atoms with Crippen LogP contribution in [0.15, 0.2) is 4.52 Å². The van der Waals surface area contributed by atoms with Gasteiger partial charge in [-0.2, -0.15) is 4.98 Å². The van der Waals surface area contributed by atoms with E-state index in [-0.39, 0.29) is 0 Å². The van der Waals surface area contributed by atoms with Crippen LogP contribution in [0, 0.1) is 0 Å². The van der Waals surface area contributed by atoms with Crippen molar-refractivity contribution in [1.29, 1.82) is 0 Å². The molecule has 1 aromatic rings. The van der Waals surface area contributed by atoms with E-state index >= 15 is 0 Å². The summed E-state index contributed by atoms with van der Waals surface area (Å²) in [6.07, 6.45) is 5.89. The highest BCUT2D eigenvalue weighted by atomic mass is 16.5. The maximum atomic E-state index is 5.23. The van der Waals surface area contributed by atoms with Gasteiger partial charge in [0.15, 0.2) is 5.82 Å². The molecule has 1 aliphatic heterocycles. The molecule has 0 bridgehead atoms. The molecule has 76 valence electrons. The summed E-state index contributed by atoms with van der Waals surface area (Å²) in [5.41, 5.74) is 0. The normalized spacial score (nSPS) is 27.0. The van der Waals surface area contributed by atoms with Gasteiger partial charge in [-0.1, -0.05) is 5.16 Å². The van der Waals surface area contributed by atoms with E-state index in [2.05, 4.69) is 15.5 Å². The van der Waals surface area contributed by atoms with E-state index < -0.39 is 0 Å². The van der Waals surface area contributed by atoms with Crippen molar-refractivity contribution in [3.63, 3.8) is 0 Å². The third-order valence-electron chi connectivity index (χ3n) is 3.01. The largest absolute Gasteiger partial charge is 0.339 e. The van der Waals surface area contributed by atoms with Gasteiger partial charge in [0.25, 0.3) is 0 Å². The van der Waals surface area contributed by atoms with E-state index in [0.29, 0.717) is 12.0 Å². The first-order valence-corrected chi connectivity index (χ1v) is 5.47. The molecule has 0 radical (unpaired) electrons. The van der Waals surface area contributed by atoms with Crippen LogP contribution in [0.4, 0.5) is 0 Å². The monoisotopic (exact) mass is 193 g/mol. The second-order valence-electron chi connectivity index (χ2n) is 4.32. The molecule has 2 fully saturated rings. The van der Waals surface area contributed by atoms with Crippen LogP contribution < -0.4 is 5.32 Å². The Morgan fingerprint density at radius 1 is 1.36 bits per heavy atom. The third kappa shape index (κ3) is 1.66. The fourth-order valence-electron chi connectivity index (χ4n) is 2.00. The van der Waals surface area contributed by atoms with Gasteiger partial charge in [-0.25, -0.2) is 0 Å². The second kappa shape index (κ2) is 3.35. The van der Waals surface area contributed by atoms with Gasteiger partial charge in [-0.15, -0.1) is 0 Å². The lowest BCUT2D eigenvalue weighted by molar-refractivity contribution is 0.360. The van der Waals surface area contributed by atoms with Crippen molar-refractivity contribution < 1.29 is 4.52 Å². The van der Waals surface area contributed by atoms with E-state index in [1.807, 2.05) is 0 Å². The van der Waals surface area contributed by atoms with E-state index in [0.717, 1.165) is 24.7 Å². The lowest BCUT2D eigenvalue weighted by atomic mass is 10.1. The second-order valence-corrected chi connectivity index (χ2v) is 4.32. The topological polar surface area (TPSA) is 51.0 Å². The molecule has 2 aliphatic rings. The van der Waals surface area contributed by atoms with E-state index in [1.54, 1.807) is 0 Å². The molecule has 1 atom stereocenters. The zero-order chi connectivity index (χ0) is 9.38. The van der Waals surface area contributed by atoms with Crippen molar-refractivity contribution in [3.05, 3.63) is 11.7 Å². The Kier molecular flexibility index (Phi) is 2.01. The summed E-state index contributed by atoms with van der Waals surface area (Å²) in [6.45, 7) is 1.13. The van der Waals surface area contributed by atoms with E-state index in [4.69, 9.17) is 4.52 Å². The van der Waals surface area contributed by atoms with E-state index in [9.17, 15) is 0 Å². The summed E-state index contributed by atoms with van der Waals surface area (Å²) >= 11 is 0. The van der Waals surface area contributed by atoms with Crippen LogP contribution in [0.5, 0.6) is 0 Å². The van der Waals surface area contributed by atoms with Crippen molar-refractivity contribution in [1.82, 2.24) is 15.5 Å². The zero-order valence-corrected chi connectivity index (χ0v) is 8.20. The Labute approximate surface area is 83.1 Å². The molecular formula is C10H15N3O. The van der Waals surface area contributed by atoms with Gasteiger partial charge in [-0.05, 0) is 32.2 Å². The highest BCUT2D eigenvalue weighted by Crippen LogP contribution is 2.38. The molecule has 0 aromatic carbocycles.